The van der Waals surface area contributed by atoms with Crippen LogP contribution in [0.1, 0.15) is 17.9 Å². The Hall–Kier alpha value is 0.280. The lowest BCUT2D eigenvalue weighted by Crippen LogP contribution is -1.88. The minimum atomic E-state index is -0.506. The fourth-order valence-electron chi connectivity index (χ4n) is 1.27. The van der Waals surface area contributed by atoms with Crippen molar-refractivity contribution in [3.05, 3.63) is 34.3 Å². The van der Waals surface area contributed by atoms with E-state index in [2.05, 4.69) is 28.1 Å². The highest BCUT2D eigenvalue weighted by Gasteiger charge is 2.52. The van der Waals surface area contributed by atoms with Crippen LogP contribution >= 0.6 is 39.1 Å². The molecule has 3 heteroatoms. The Kier molecular flexibility index (Phi) is 2.14. The predicted molar refractivity (Wildman–Crippen MR) is 55.9 cm³/mol. The molecule has 12 heavy (non-hydrogen) atoms. The van der Waals surface area contributed by atoms with Gasteiger partial charge in [0.2, 0.25) is 0 Å². The summed E-state index contributed by atoms with van der Waals surface area (Å²) < 4.78 is 0.579. The quantitative estimate of drug-likeness (QED) is 0.671. The van der Waals surface area contributed by atoms with Gasteiger partial charge in [-0.25, -0.2) is 0 Å². The summed E-state index contributed by atoms with van der Waals surface area (Å²) in [5, 5.41) is 0. The van der Waals surface area contributed by atoms with Crippen LogP contribution in [0.15, 0.2) is 28.7 Å². The van der Waals surface area contributed by atoms with Gasteiger partial charge >= 0.3 is 0 Å². The van der Waals surface area contributed by atoms with Crippen molar-refractivity contribution in [2.75, 3.05) is 0 Å². The van der Waals surface area contributed by atoms with Crippen LogP contribution in [0.4, 0.5) is 0 Å². The lowest BCUT2D eigenvalue weighted by molar-refractivity contribution is 1.10. The van der Waals surface area contributed by atoms with Gasteiger partial charge in [-0.1, -0.05) is 28.1 Å². The third-order valence-electron chi connectivity index (χ3n) is 2.10. The van der Waals surface area contributed by atoms with Crippen LogP contribution in [-0.2, 0) is 0 Å². The van der Waals surface area contributed by atoms with Crippen LogP contribution in [-0.4, -0.2) is 4.33 Å². The summed E-state index contributed by atoms with van der Waals surface area (Å²) >= 11 is 15.2. The topological polar surface area (TPSA) is 0 Å². The molecule has 0 aliphatic heterocycles. The molecule has 0 aromatic heterocycles. The zero-order valence-corrected chi connectivity index (χ0v) is 9.33. The van der Waals surface area contributed by atoms with Crippen LogP contribution < -0.4 is 0 Å². The summed E-state index contributed by atoms with van der Waals surface area (Å²) in [5.74, 6) is 0.328. The van der Waals surface area contributed by atoms with E-state index in [9.17, 15) is 0 Å². The number of alkyl halides is 2. The summed E-state index contributed by atoms with van der Waals surface area (Å²) in [6.07, 6.45) is 0.873. The Labute approximate surface area is 90.0 Å². The van der Waals surface area contributed by atoms with Gasteiger partial charge in [0.25, 0.3) is 0 Å². The Morgan fingerprint density at radius 2 is 1.75 bits per heavy atom. The van der Waals surface area contributed by atoms with Gasteiger partial charge in [0.1, 0.15) is 4.33 Å². The first-order valence-electron chi connectivity index (χ1n) is 3.73. The molecule has 1 saturated carbocycles. The number of rotatable bonds is 1. The van der Waals surface area contributed by atoms with Gasteiger partial charge in [-0.2, -0.15) is 0 Å². The van der Waals surface area contributed by atoms with Crippen molar-refractivity contribution >= 4 is 39.1 Å². The monoisotopic (exact) mass is 264 g/mol. The van der Waals surface area contributed by atoms with Gasteiger partial charge in [0.05, 0.1) is 0 Å². The molecule has 1 aromatic carbocycles. The smallest absolute Gasteiger partial charge is 0.101 e. The first kappa shape index (κ1) is 8.86. The zero-order chi connectivity index (χ0) is 8.77. The number of hydrogen-bond donors (Lipinski definition) is 0. The fraction of sp³-hybridized carbons (Fsp3) is 0.333. The molecule has 0 N–H and O–H groups in total. The fourth-order valence-corrected chi connectivity index (χ4v) is 2.09. The molecule has 64 valence electrons. The largest absolute Gasteiger partial charge is 0.125 e. The average Bonchev–Trinajstić information content (AvgIpc) is 2.61. The molecular weight excluding hydrogens is 259 g/mol. The molecule has 0 radical (unpaired) electrons. The Bertz CT molecular complexity index is 292. The van der Waals surface area contributed by atoms with Crippen molar-refractivity contribution in [1.29, 1.82) is 0 Å². The normalized spacial score (nSPS) is 25.4. The molecule has 0 unspecified atom stereocenters. The van der Waals surface area contributed by atoms with E-state index in [-0.39, 0.29) is 0 Å². The lowest BCUT2D eigenvalue weighted by atomic mass is 10.1. The molecule has 0 saturated heterocycles. The van der Waals surface area contributed by atoms with Gasteiger partial charge in [0, 0.05) is 10.4 Å². The molecule has 1 aliphatic carbocycles. The van der Waals surface area contributed by atoms with E-state index in [1.807, 2.05) is 12.1 Å². The van der Waals surface area contributed by atoms with Crippen molar-refractivity contribution in [1.82, 2.24) is 0 Å². The summed E-state index contributed by atoms with van der Waals surface area (Å²) in [5.41, 5.74) is 1.23. The van der Waals surface area contributed by atoms with Crippen LogP contribution in [0.2, 0.25) is 0 Å². The van der Waals surface area contributed by atoms with E-state index >= 15 is 0 Å². The summed E-state index contributed by atoms with van der Waals surface area (Å²) in [7, 11) is 0. The van der Waals surface area contributed by atoms with Crippen LogP contribution in [0.5, 0.6) is 0 Å². The lowest BCUT2D eigenvalue weighted by Gasteiger charge is -1.99. The molecule has 0 amide bonds. The van der Waals surface area contributed by atoms with Crippen LogP contribution in [0.3, 0.4) is 0 Å². The molecule has 0 heterocycles. The summed E-state index contributed by atoms with van der Waals surface area (Å²) in [6.45, 7) is 0. The molecule has 1 atom stereocenters. The first-order valence-corrected chi connectivity index (χ1v) is 5.28. The van der Waals surface area contributed by atoms with Gasteiger partial charge in [-0.15, -0.1) is 23.2 Å². The average molecular weight is 266 g/mol. The second kappa shape index (κ2) is 2.90. The minimum Gasteiger partial charge on any atom is -0.101 e. The van der Waals surface area contributed by atoms with Crippen molar-refractivity contribution in [3.63, 3.8) is 0 Å². The molecule has 1 aromatic rings. The van der Waals surface area contributed by atoms with Crippen LogP contribution in [0, 0.1) is 0 Å². The Morgan fingerprint density at radius 3 is 2.17 bits per heavy atom. The highest BCUT2D eigenvalue weighted by Crippen LogP contribution is 2.59. The van der Waals surface area contributed by atoms with Crippen molar-refractivity contribution in [2.24, 2.45) is 0 Å². The van der Waals surface area contributed by atoms with Crippen molar-refractivity contribution in [2.45, 2.75) is 16.7 Å². The van der Waals surface area contributed by atoms with Gasteiger partial charge in [-0.05, 0) is 24.1 Å². The van der Waals surface area contributed by atoms with Crippen LogP contribution in [0.25, 0.3) is 0 Å². The summed E-state index contributed by atoms with van der Waals surface area (Å²) in [4.78, 5) is 0. The molecule has 0 bridgehead atoms. The van der Waals surface area contributed by atoms with Gasteiger partial charge < -0.3 is 0 Å². The second-order valence-electron chi connectivity index (χ2n) is 3.07. The molecule has 1 fully saturated rings. The third kappa shape index (κ3) is 1.63. The third-order valence-corrected chi connectivity index (χ3v) is 3.46. The molecule has 1 aliphatic rings. The van der Waals surface area contributed by atoms with Gasteiger partial charge in [0.15, 0.2) is 0 Å². The van der Waals surface area contributed by atoms with Gasteiger partial charge in [-0.3, -0.25) is 0 Å². The first-order chi connectivity index (χ1) is 5.59. The standard InChI is InChI=1S/C9H7BrCl2/c10-7-3-1-6(2-4-7)8-5-9(8,11)12/h1-4,8H,5H2/t8-/m1/s1. The minimum absolute atomic E-state index is 0.328. The predicted octanol–water partition coefficient (Wildman–Crippen LogP) is 4.11. The molecule has 0 spiro atoms. The van der Waals surface area contributed by atoms with Crippen molar-refractivity contribution < 1.29 is 0 Å². The van der Waals surface area contributed by atoms with Crippen molar-refractivity contribution in [3.8, 4) is 0 Å². The highest BCUT2D eigenvalue weighted by molar-refractivity contribution is 9.10. The number of benzene rings is 1. The molecular formula is C9H7BrCl2. The van der Waals surface area contributed by atoms with E-state index in [4.69, 9.17) is 23.2 Å². The van der Waals surface area contributed by atoms with E-state index in [1.54, 1.807) is 0 Å². The molecule has 2 rings (SSSR count). The van der Waals surface area contributed by atoms with E-state index in [0.717, 1.165) is 10.9 Å². The Morgan fingerprint density at radius 1 is 1.25 bits per heavy atom. The number of hydrogen-bond acceptors (Lipinski definition) is 0. The Balaban J connectivity index is 2.21. The maximum Gasteiger partial charge on any atom is 0.125 e. The summed E-state index contributed by atoms with van der Waals surface area (Å²) in [6, 6.07) is 8.14. The maximum atomic E-state index is 5.94. The second-order valence-corrected chi connectivity index (χ2v) is 5.53. The molecule has 0 nitrogen and oxygen atoms in total. The number of halogens is 3. The maximum absolute atomic E-state index is 5.94. The van der Waals surface area contributed by atoms with E-state index in [0.29, 0.717) is 5.92 Å². The highest BCUT2D eigenvalue weighted by atomic mass is 79.9. The van der Waals surface area contributed by atoms with E-state index < -0.39 is 4.33 Å². The van der Waals surface area contributed by atoms with E-state index in [1.165, 1.54) is 5.56 Å². The zero-order valence-electron chi connectivity index (χ0n) is 6.23. The SMILES string of the molecule is ClC1(Cl)C[C@@H]1c1ccc(Br)cc1.